The van der Waals surface area contributed by atoms with Gasteiger partial charge in [0.05, 0.1) is 11.2 Å². The van der Waals surface area contributed by atoms with Crippen molar-refractivity contribution >= 4 is 17.1 Å². The van der Waals surface area contributed by atoms with Crippen LogP contribution >= 0.6 is 0 Å². The second-order valence-electron chi connectivity index (χ2n) is 7.61. The fourth-order valence-corrected chi connectivity index (χ4v) is 3.88. The van der Waals surface area contributed by atoms with Crippen LogP contribution in [0.1, 0.15) is 11.3 Å². The summed E-state index contributed by atoms with van der Waals surface area (Å²) in [7, 11) is 0. The molecule has 0 aliphatic carbocycles. The van der Waals surface area contributed by atoms with E-state index < -0.39 is 6.16 Å². The Labute approximate surface area is 191 Å². The molecule has 33 heavy (non-hydrogen) atoms. The molecule has 0 unspecified atom stereocenters. The average Bonchev–Trinajstić information content (AvgIpc) is 2.85. The predicted molar refractivity (Wildman–Crippen MR) is 128 cm³/mol. The van der Waals surface area contributed by atoms with Crippen LogP contribution in [-0.2, 0) is 6.42 Å². The van der Waals surface area contributed by atoms with Gasteiger partial charge in [-0.15, -0.1) is 0 Å². The number of fused-ring (bicyclic) bond motifs is 1. The lowest BCUT2D eigenvalue weighted by Crippen LogP contribution is -2.04. The summed E-state index contributed by atoms with van der Waals surface area (Å²) in [5, 5.41) is 10.0. The van der Waals surface area contributed by atoms with Crippen molar-refractivity contribution in [3.05, 3.63) is 114 Å². The number of aromatic nitrogens is 2. The Hall–Kier alpha value is -4.51. The zero-order valence-electron chi connectivity index (χ0n) is 17.7. The molecule has 0 aliphatic heterocycles. The van der Waals surface area contributed by atoms with E-state index in [4.69, 9.17) is 19.8 Å². The van der Waals surface area contributed by atoms with Gasteiger partial charge in [0.1, 0.15) is 5.75 Å². The molecule has 0 atom stereocenters. The third kappa shape index (κ3) is 4.43. The van der Waals surface area contributed by atoms with E-state index in [-0.39, 0.29) is 0 Å². The first kappa shape index (κ1) is 20.4. The smallest absolute Gasteiger partial charge is 0.449 e. The highest BCUT2D eigenvalue weighted by Gasteiger charge is 2.12. The molecule has 0 spiro atoms. The molecule has 1 aromatic heterocycles. The summed E-state index contributed by atoms with van der Waals surface area (Å²) >= 11 is 0. The fourth-order valence-electron chi connectivity index (χ4n) is 3.88. The highest BCUT2D eigenvalue weighted by Crippen LogP contribution is 2.31. The molecule has 5 heteroatoms. The molecule has 1 heterocycles. The largest absolute Gasteiger partial charge is 0.511 e. The quantitative estimate of drug-likeness (QED) is 0.250. The SMILES string of the molecule is O=C(O)Oc1ccccc1-c1ccc(Cc2nc(-c3ccccc3)nc3ccccc23)cc1. The molecule has 0 fully saturated rings. The van der Waals surface area contributed by atoms with Gasteiger partial charge in [0.15, 0.2) is 5.82 Å². The maximum absolute atomic E-state index is 11.0. The van der Waals surface area contributed by atoms with Gasteiger partial charge < -0.3 is 9.84 Å². The Bertz CT molecular complexity index is 1430. The molecule has 5 rings (SSSR count). The second kappa shape index (κ2) is 8.93. The molecule has 0 amide bonds. The van der Waals surface area contributed by atoms with Crippen molar-refractivity contribution in [2.45, 2.75) is 6.42 Å². The minimum absolute atomic E-state index is 0.312. The minimum Gasteiger partial charge on any atom is -0.449 e. The Morgan fingerprint density at radius 1 is 0.727 bits per heavy atom. The molecule has 5 nitrogen and oxygen atoms in total. The lowest BCUT2D eigenvalue weighted by atomic mass is 10.00. The van der Waals surface area contributed by atoms with Crippen molar-refractivity contribution in [2.75, 3.05) is 0 Å². The van der Waals surface area contributed by atoms with Crippen molar-refractivity contribution in [3.8, 4) is 28.3 Å². The number of rotatable bonds is 5. The molecular weight excluding hydrogens is 412 g/mol. The van der Waals surface area contributed by atoms with E-state index in [1.807, 2.05) is 91.0 Å². The van der Waals surface area contributed by atoms with Crippen molar-refractivity contribution in [2.24, 2.45) is 0 Å². The first-order valence-corrected chi connectivity index (χ1v) is 10.6. The lowest BCUT2D eigenvalue weighted by molar-refractivity contribution is 0.144. The van der Waals surface area contributed by atoms with Crippen molar-refractivity contribution < 1.29 is 14.6 Å². The predicted octanol–water partition coefficient (Wildman–Crippen LogP) is 6.61. The van der Waals surface area contributed by atoms with Crippen molar-refractivity contribution in [3.63, 3.8) is 0 Å². The molecular formula is C28H20N2O3. The number of para-hydroxylation sites is 2. The summed E-state index contributed by atoms with van der Waals surface area (Å²) in [5.41, 5.74) is 5.56. The van der Waals surface area contributed by atoms with Crippen LogP contribution in [0.2, 0.25) is 0 Å². The summed E-state index contributed by atoms with van der Waals surface area (Å²) in [6, 6.07) is 33.1. The van der Waals surface area contributed by atoms with Crippen LogP contribution in [0.25, 0.3) is 33.4 Å². The summed E-state index contributed by atoms with van der Waals surface area (Å²) in [6.07, 6.45) is -0.680. The highest BCUT2D eigenvalue weighted by molar-refractivity contribution is 5.83. The number of carboxylic acid groups (broad SMARTS) is 1. The van der Waals surface area contributed by atoms with E-state index in [9.17, 15) is 4.79 Å². The maximum atomic E-state index is 11.0. The Balaban J connectivity index is 1.49. The average molecular weight is 432 g/mol. The van der Waals surface area contributed by atoms with E-state index in [0.29, 0.717) is 18.0 Å². The van der Waals surface area contributed by atoms with Gasteiger partial charge in [-0.1, -0.05) is 91.0 Å². The molecule has 1 N–H and O–H groups in total. The number of ether oxygens (including phenoxy) is 1. The van der Waals surface area contributed by atoms with Crippen LogP contribution < -0.4 is 4.74 Å². The molecule has 0 aliphatic rings. The number of hydrogen-bond donors (Lipinski definition) is 1. The van der Waals surface area contributed by atoms with Crippen LogP contribution in [-0.4, -0.2) is 21.2 Å². The van der Waals surface area contributed by atoms with E-state index in [1.165, 1.54) is 0 Å². The van der Waals surface area contributed by atoms with E-state index in [1.54, 1.807) is 12.1 Å². The lowest BCUT2D eigenvalue weighted by Gasteiger charge is -2.11. The van der Waals surface area contributed by atoms with Crippen LogP contribution in [0, 0.1) is 0 Å². The van der Waals surface area contributed by atoms with Crippen LogP contribution in [0.15, 0.2) is 103 Å². The van der Waals surface area contributed by atoms with E-state index in [0.717, 1.165) is 38.9 Å². The highest BCUT2D eigenvalue weighted by atomic mass is 16.7. The minimum atomic E-state index is -1.33. The number of carbonyl (C=O) groups is 1. The zero-order chi connectivity index (χ0) is 22.6. The van der Waals surface area contributed by atoms with Gasteiger partial charge in [-0.25, -0.2) is 14.8 Å². The van der Waals surface area contributed by atoms with Gasteiger partial charge in [-0.2, -0.15) is 0 Å². The standard InChI is InChI=1S/C28H20N2O3/c31-28(32)33-26-13-7-5-10-22(26)20-16-14-19(15-17-20)18-25-23-11-4-6-12-24(23)29-27(30-25)21-8-2-1-3-9-21/h1-17H,18H2,(H,31,32). The number of benzene rings is 4. The molecule has 4 aromatic carbocycles. The van der Waals surface area contributed by atoms with Gasteiger partial charge in [0.25, 0.3) is 0 Å². The third-order valence-corrected chi connectivity index (χ3v) is 5.43. The van der Waals surface area contributed by atoms with E-state index in [2.05, 4.69) is 0 Å². The summed E-state index contributed by atoms with van der Waals surface area (Å²) in [4.78, 5) is 20.7. The van der Waals surface area contributed by atoms with E-state index >= 15 is 0 Å². The van der Waals surface area contributed by atoms with Crippen LogP contribution in [0.3, 0.4) is 0 Å². The zero-order valence-corrected chi connectivity index (χ0v) is 17.7. The van der Waals surface area contributed by atoms with Gasteiger partial charge in [0, 0.05) is 22.9 Å². The summed E-state index contributed by atoms with van der Waals surface area (Å²) < 4.78 is 4.93. The monoisotopic (exact) mass is 432 g/mol. The molecule has 5 aromatic rings. The van der Waals surface area contributed by atoms with Gasteiger partial charge >= 0.3 is 6.16 Å². The summed E-state index contributed by atoms with van der Waals surface area (Å²) in [5.74, 6) is 1.02. The van der Waals surface area contributed by atoms with Gasteiger partial charge in [-0.05, 0) is 23.3 Å². The van der Waals surface area contributed by atoms with Crippen LogP contribution in [0.4, 0.5) is 4.79 Å². The summed E-state index contributed by atoms with van der Waals surface area (Å²) in [6.45, 7) is 0. The Morgan fingerprint density at radius 2 is 1.42 bits per heavy atom. The molecule has 0 bridgehead atoms. The first-order chi connectivity index (χ1) is 16.2. The molecule has 0 saturated heterocycles. The van der Waals surface area contributed by atoms with Gasteiger partial charge in [0.2, 0.25) is 0 Å². The third-order valence-electron chi connectivity index (χ3n) is 5.43. The molecule has 0 radical (unpaired) electrons. The number of nitrogens with zero attached hydrogens (tertiary/aromatic N) is 2. The Morgan fingerprint density at radius 3 is 2.21 bits per heavy atom. The normalized spacial score (nSPS) is 10.8. The maximum Gasteiger partial charge on any atom is 0.511 e. The Kier molecular flexibility index (Phi) is 5.52. The van der Waals surface area contributed by atoms with Crippen LogP contribution in [0.5, 0.6) is 5.75 Å². The fraction of sp³-hybridized carbons (Fsp3) is 0.0357. The van der Waals surface area contributed by atoms with Crippen molar-refractivity contribution in [1.29, 1.82) is 0 Å². The van der Waals surface area contributed by atoms with Gasteiger partial charge in [-0.3, -0.25) is 0 Å². The number of hydrogen-bond acceptors (Lipinski definition) is 4. The molecule has 0 saturated carbocycles. The first-order valence-electron chi connectivity index (χ1n) is 10.6. The second-order valence-corrected chi connectivity index (χ2v) is 7.61. The van der Waals surface area contributed by atoms with Crippen molar-refractivity contribution in [1.82, 2.24) is 9.97 Å². The molecule has 160 valence electrons. The topological polar surface area (TPSA) is 72.3 Å².